The third kappa shape index (κ3) is 2.86. The number of carbonyl (C=O) groups is 2. The molecule has 0 atom stereocenters. The van der Waals surface area contributed by atoms with Crippen molar-refractivity contribution in [1.82, 2.24) is 4.90 Å². The molecule has 1 N–H and O–H groups in total. The zero-order valence-corrected chi connectivity index (χ0v) is 11.8. The molecule has 5 nitrogen and oxygen atoms in total. The lowest BCUT2D eigenvalue weighted by Gasteiger charge is -2.41. The van der Waals surface area contributed by atoms with Crippen LogP contribution in [0.15, 0.2) is 22.8 Å². The molecule has 1 saturated carbocycles. The first-order chi connectivity index (χ1) is 9.56. The monoisotopic (exact) mass is 279 g/mol. The summed E-state index contributed by atoms with van der Waals surface area (Å²) < 4.78 is 5.19. The van der Waals surface area contributed by atoms with Crippen LogP contribution in [0.25, 0.3) is 0 Å². The minimum atomic E-state index is -1.02. The molecule has 2 rings (SSSR count). The Hall–Kier alpha value is -1.78. The maximum absolute atomic E-state index is 12.3. The van der Waals surface area contributed by atoms with Crippen molar-refractivity contribution in [2.45, 2.75) is 50.5 Å². The van der Waals surface area contributed by atoms with E-state index < -0.39 is 11.5 Å². The van der Waals surface area contributed by atoms with Gasteiger partial charge >= 0.3 is 5.97 Å². The van der Waals surface area contributed by atoms with E-state index in [-0.39, 0.29) is 12.3 Å². The molecule has 0 unspecified atom stereocenters. The molecule has 5 heteroatoms. The topological polar surface area (TPSA) is 70.8 Å². The van der Waals surface area contributed by atoms with E-state index >= 15 is 0 Å². The van der Waals surface area contributed by atoms with Crippen molar-refractivity contribution in [3.63, 3.8) is 0 Å². The number of carboxylic acids is 1. The molecule has 0 radical (unpaired) electrons. The Kier molecular flexibility index (Phi) is 4.47. The Bertz CT molecular complexity index is 460. The smallest absolute Gasteiger partial charge is 0.329 e. The first kappa shape index (κ1) is 14.6. The number of rotatable bonds is 5. The summed E-state index contributed by atoms with van der Waals surface area (Å²) in [6, 6.07) is 3.60. The number of likely N-dealkylation sites (N-methyl/N-ethyl adjacent to an activating group) is 1. The molecule has 1 aliphatic rings. The van der Waals surface area contributed by atoms with E-state index in [9.17, 15) is 14.7 Å². The minimum Gasteiger partial charge on any atom is -0.479 e. The quantitative estimate of drug-likeness (QED) is 0.898. The van der Waals surface area contributed by atoms with Crippen molar-refractivity contribution in [3.8, 4) is 0 Å². The van der Waals surface area contributed by atoms with Crippen LogP contribution in [0.5, 0.6) is 0 Å². The SMILES string of the molecule is CN(C(=O)CCc1ccco1)C1(C(=O)O)CCCCC1. The van der Waals surface area contributed by atoms with Gasteiger partial charge in [0.1, 0.15) is 11.3 Å². The summed E-state index contributed by atoms with van der Waals surface area (Å²) in [4.78, 5) is 25.4. The van der Waals surface area contributed by atoms with Gasteiger partial charge in [-0.05, 0) is 25.0 Å². The van der Waals surface area contributed by atoms with Crippen molar-refractivity contribution in [2.24, 2.45) is 0 Å². The lowest BCUT2D eigenvalue weighted by molar-refractivity contribution is -0.160. The number of furan rings is 1. The van der Waals surface area contributed by atoms with Gasteiger partial charge in [-0.2, -0.15) is 0 Å². The molecule has 0 spiro atoms. The predicted octanol–water partition coefficient (Wildman–Crippen LogP) is 2.46. The van der Waals surface area contributed by atoms with Crippen molar-refractivity contribution < 1.29 is 19.1 Å². The highest BCUT2D eigenvalue weighted by Gasteiger charge is 2.45. The van der Waals surface area contributed by atoms with Gasteiger partial charge < -0.3 is 14.4 Å². The molecule has 1 fully saturated rings. The molecule has 0 aromatic carbocycles. The Morgan fingerprint density at radius 2 is 2.05 bits per heavy atom. The third-order valence-corrected chi connectivity index (χ3v) is 4.26. The molecule has 0 bridgehead atoms. The first-order valence-corrected chi connectivity index (χ1v) is 7.09. The van der Waals surface area contributed by atoms with Crippen LogP contribution in [0.1, 0.15) is 44.3 Å². The van der Waals surface area contributed by atoms with Crippen LogP contribution in [0, 0.1) is 0 Å². The van der Waals surface area contributed by atoms with Gasteiger partial charge in [-0.1, -0.05) is 19.3 Å². The molecule has 1 aromatic heterocycles. The fraction of sp³-hybridized carbons (Fsp3) is 0.600. The maximum Gasteiger partial charge on any atom is 0.329 e. The summed E-state index contributed by atoms with van der Waals surface area (Å²) >= 11 is 0. The van der Waals surface area contributed by atoms with Crippen LogP contribution in [0.2, 0.25) is 0 Å². The van der Waals surface area contributed by atoms with Gasteiger partial charge in [0.2, 0.25) is 5.91 Å². The van der Waals surface area contributed by atoms with Crippen molar-refractivity contribution in [1.29, 1.82) is 0 Å². The largest absolute Gasteiger partial charge is 0.479 e. The van der Waals surface area contributed by atoms with Gasteiger partial charge in [-0.15, -0.1) is 0 Å². The van der Waals surface area contributed by atoms with Crippen LogP contribution >= 0.6 is 0 Å². The predicted molar refractivity (Wildman–Crippen MR) is 73.3 cm³/mol. The summed E-state index contributed by atoms with van der Waals surface area (Å²) in [5, 5.41) is 9.55. The van der Waals surface area contributed by atoms with Gasteiger partial charge in [-0.25, -0.2) is 4.79 Å². The number of carbonyl (C=O) groups excluding carboxylic acids is 1. The summed E-state index contributed by atoms with van der Waals surface area (Å²) in [5.41, 5.74) is -1.02. The lowest BCUT2D eigenvalue weighted by Crippen LogP contribution is -2.56. The molecule has 110 valence electrons. The Morgan fingerprint density at radius 1 is 1.35 bits per heavy atom. The highest BCUT2D eigenvalue weighted by atomic mass is 16.4. The second-order valence-corrected chi connectivity index (χ2v) is 5.43. The number of aliphatic carboxylic acids is 1. The lowest BCUT2D eigenvalue weighted by atomic mass is 9.80. The second kappa shape index (κ2) is 6.11. The average Bonchev–Trinajstić information content (AvgIpc) is 2.97. The molecule has 0 aliphatic heterocycles. The minimum absolute atomic E-state index is 0.134. The summed E-state index contributed by atoms with van der Waals surface area (Å²) in [6.45, 7) is 0. The van der Waals surface area contributed by atoms with Gasteiger partial charge in [-0.3, -0.25) is 4.79 Å². The van der Waals surface area contributed by atoms with Crippen molar-refractivity contribution in [2.75, 3.05) is 7.05 Å². The van der Waals surface area contributed by atoms with E-state index in [1.165, 1.54) is 4.90 Å². The van der Waals surface area contributed by atoms with Gasteiger partial charge in [0.25, 0.3) is 0 Å². The Balaban J connectivity index is 2.01. The third-order valence-electron chi connectivity index (χ3n) is 4.26. The fourth-order valence-electron chi connectivity index (χ4n) is 2.92. The van der Waals surface area contributed by atoms with Gasteiger partial charge in [0.05, 0.1) is 6.26 Å². The molecular weight excluding hydrogens is 258 g/mol. The van der Waals surface area contributed by atoms with E-state index in [1.54, 1.807) is 19.4 Å². The molecule has 20 heavy (non-hydrogen) atoms. The molecule has 1 aliphatic carbocycles. The van der Waals surface area contributed by atoms with E-state index in [2.05, 4.69) is 0 Å². The molecular formula is C15H21NO4. The van der Waals surface area contributed by atoms with Gasteiger partial charge in [0, 0.05) is 19.9 Å². The molecule has 1 heterocycles. The number of amides is 1. The number of hydrogen-bond donors (Lipinski definition) is 1. The van der Waals surface area contributed by atoms with E-state index in [1.807, 2.05) is 6.07 Å². The zero-order valence-electron chi connectivity index (χ0n) is 11.8. The van der Waals surface area contributed by atoms with Crippen LogP contribution < -0.4 is 0 Å². The van der Waals surface area contributed by atoms with E-state index in [4.69, 9.17) is 4.42 Å². The van der Waals surface area contributed by atoms with E-state index in [0.29, 0.717) is 19.3 Å². The standard InChI is InChI=1S/C15H21NO4/c1-16(13(17)8-7-12-6-5-11-20-12)15(14(18)19)9-3-2-4-10-15/h5-6,11H,2-4,7-10H2,1H3,(H,18,19). The molecule has 0 saturated heterocycles. The number of aryl methyl sites for hydroxylation is 1. The van der Waals surface area contributed by atoms with E-state index in [0.717, 1.165) is 25.0 Å². The Labute approximate surface area is 118 Å². The van der Waals surface area contributed by atoms with Crippen molar-refractivity contribution in [3.05, 3.63) is 24.2 Å². The number of nitrogens with zero attached hydrogens (tertiary/aromatic N) is 1. The highest BCUT2D eigenvalue weighted by molar-refractivity contribution is 5.87. The summed E-state index contributed by atoms with van der Waals surface area (Å²) in [6.07, 6.45) is 6.22. The average molecular weight is 279 g/mol. The van der Waals surface area contributed by atoms with Crippen LogP contribution in [0.3, 0.4) is 0 Å². The number of carboxylic acid groups (broad SMARTS) is 1. The normalized spacial score (nSPS) is 17.6. The highest BCUT2D eigenvalue weighted by Crippen LogP contribution is 2.33. The second-order valence-electron chi connectivity index (χ2n) is 5.43. The fourth-order valence-corrected chi connectivity index (χ4v) is 2.92. The summed E-state index contributed by atoms with van der Waals surface area (Å²) in [7, 11) is 1.61. The number of hydrogen-bond acceptors (Lipinski definition) is 3. The van der Waals surface area contributed by atoms with Crippen LogP contribution in [-0.2, 0) is 16.0 Å². The van der Waals surface area contributed by atoms with Crippen molar-refractivity contribution >= 4 is 11.9 Å². The summed E-state index contributed by atoms with van der Waals surface area (Å²) in [5.74, 6) is -0.267. The molecule has 1 aromatic rings. The zero-order chi connectivity index (χ0) is 14.6. The first-order valence-electron chi connectivity index (χ1n) is 7.09. The molecule has 1 amide bonds. The van der Waals surface area contributed by atoms with Crippen LogP contribution in [-0.4, -0.2) is 34.5 Å². The van der Waals surface area contributed by atoms with Crippen LogP contribution in [0.4, 0.5) is 0 Å². The maximum atomic E-state index is 12.3. The van der Waals surface area contributed by atoms with Gasteiger partial charge in [0.15, 0.2) is 0 Å². The Morgan fingerprint density at radius 3 is 2.60 bits per heavy atom.